The monoisotopic (exact) mass is 610 g/mol. The molecule has 3 aromatic rings. The van der Waals surface area contributed by atoms with Crippen LogP contribution in [0.4, 0.5) is 23.2 Å². The SMILES string of the molecule is CC(C)(C)c1nc(-c2cccc(N(CC34CCC(c5ccc(C(F)(F)F)cn5)(CC3)CC4)C(=O)CC34CC(F)(C3)C4)c2)no1. The van der Waals surface area contributed by atoms with Crippen molar-refractivity contribution in [3.05, 3.63) is 59.7 Å². The van der Waals surface area contributed by atoms with Crippen molar-refractivity contribution in [1.29, 1.82) is 0 Å². The van der Waals surface area contributed by atoms with Gasteiger partial charge in [0.05, 0.1) is 5.56 Å². The number of anilines is 1. The molecule has 0 unspecified atom stereocenters. The van der Waals surface area contributed by atoms with Crippen LogP contribution in [-0.4, -0.2) is 33.2 Å². The number of aromatic nitrogens is 3. The van der Waals surface area contributed by atoms with Gasteiger partial charge in [0.1, 0.15) is 5.67 Å². The van der Waals surface area contributed by atoms with E-state index in [-0.39, 0.29) is 27.6 Å². The molecule has 1 amide bonds. The molecule has 0 aliphatic heterocycles. The zero-order chi connectivity index (χ0) is 31.2. The van der Waals surface area contributed by atoms with Crippen LogP contribution < -0.4 is 4.90 Å². The van der Waals surface area contributed by atoms with Gasteiger partial charge in [-0.25, -0.2) is 4.39 Å². The van der Waals surface area contributed by atoms with Gasteiger partial charge in [-0.3, -0.25) is 9.78 Å². The fourth-order valence-corrected chi connectivity index (χ4v) is 8.34. The Labute approximate surface area is 254 Å². The predicted molar refractivity (Wildman–Crippen MR) is 157 cm³/mol. The highest BCUT2D eigenvalue weighted by atomic mass is 19.4. The summed E-state index contributed by atoms with van der Waals surface area (Å²) in [4.78, 5) is 24.8. The van der Waals surface area contributed by atoms with E-state index in [2.05, 4.69) is 15.1 Å². The minimum absolute atomic E-state index is 0.00795. The van der Waals surface area contributed by atoms with E-state index in [4.69, 9.17) is 4.52 Å². The molecule has 10 heteroatoms. The Hall–Kier alpha value is -3.30. The summed E-state index contributed by atoms with van der Waals surface area (Å²) >= 11 is 0. The average molecular weight is 611 g/mol. The van der Waals surface area contributed by atoms with Gasteiger partial charge < -0.3 is 9.42 Å². The highest BCUT2D eigenvalue weighted by Gasteiger charge is 2.69. The summed E-state index contributed by atoms with van der Waals surface area (Å²) in [7, 11) is 0. The Kier molecular flexibility index (Phi) is 6.42. The molecule has 4 bridgehead atoms. The molecule has 0 N–H and O–H groups in total. The molecular formula is C34H38F4N4O2. The lowest BCUT2D eigenvalue weighted by molar-refractivity contribution is -0.215. The number of rotatable bonds is 7. The van der Waals surface area contributed by atoms with Crippen LogP contribution in [0.3, 0.4) is 0 Å². The van der Waals surface area contributed by atoms with Gasteiger partial charge in [-0.15, -0.1) is 0 Å². The molecule has 2 aromatic heterocycles. The van der Waals surface area contributed by atoms with Crippen molar-refractivity contribution >= 4 is 11.6 Å². The first-order valence-corrected chi connectivity index (χ1v) is 15.6. The Morgan fingerprint density at radius 2 is 1.64 bits per heavy atom. The lowest BCUT2D eigenvalue weighted by atomic mass is 9.41. The summed E-state index contributed by atoms with van der Waals surface area (Å²) in [5, 5.41) is 4.20. The lowest BCUT2D eigenvalue weighted by Crippen LogP contribution is -2.65. The van der Waals surface area contributed by atoms with Gasteiger partial charge in [-0.2, -0.15) is 18.2 Å². The van der Waals surface area contributed by atoms with Crippen molar-refractivity contribution in [1.82, 2.24) is 15.1 Å². The highest BCUT2D eigenvalue weighted by Crippen LogP contribution is 2.71. The molecule has 2 heterocycles. The minimum Gasteiger partial charge on any atom is -0.338 e. The molecule has 44 heavy (non-hydrogen) atoms. The van der Waals surface area contributed by atoms with E-state index >= 15 is 0 Å². The van der Waals surface area contributed by atoms with Crippen molar-refractivity contribution in [2.75, 3.05) is 11.4 Å². The van der Waals surface area contributed by atoms with Crippen LogP contribution in [0.15, 0.2) is 47.1 Å². The maximum absolute atomic E-state index is 14.4. The molecule has 0 radical (unpaired) electrons. The van der Waals surface area contributed by atoms with Crippen molar-refractivity contribution in [2.24, 2.45) is 10.8 Å². The molecule has 6 nitrogen and oxygen atoms in total. The molecule has 6 saturated carbocycles. The molecule has 0 spiro atoms. The maximum atomic E-state index is 14.4. The third kappa shape index (κ3) is 5.02. The van der Waals surface area contributed by atoms with E-state index in [9.17, 15) is 22.4 Å². The standard InChI is InChI=1S/C34H38F4N4O2/c1-29(2,3)28-40-27(41-44-28)22-5-4-6-24(15-22)42(26(43)16-31-18-33(35,19-31)20-31)21-30-9-12-32(13-10-30,14-11-30)25-8-7-23(17-39-25)34(36,37)38/h4-8,15,17H,9-14,16,18-21H2,1-3H3. The number of amides is 1. The van der Waals surface area contributed by atoms with Gasteiger partial charge in [0.15, 0.2) is 0 Å². The number of alkyl halides is 4. The first-order valence-electron chi connectivity index (χ1n) is 15.6. The fourth-order valence-electron chi connectivity index (χ4n) is 8.34. The van der Waals surface area contributed by atoms with E-state index in [1.807, 2.05) is 49.9 Å². The predicted octanol–water partition coefficient (Wildman–Crippen LogP) is 8.36. The summed E-state index contributed by atoms with van der Waals surface area (Å²) in [6, 6.07) is 10.4. The zero-order valence-corrected chi connectivity index (χ0v) is 25.4. The van der Waals surface area contributed by atoms with Crippen LogP contribution in [0.2, 0.25) is 0 Å². The minimum atomic E-state index is -4.41. The maximum Gasteiger partial charge on any atom is 0.417 e. The van der Waals surface area contributed by atoms with Gasteiger partial charge in [-0.1, -0.05) is 38.1 Å². The zero-order valence-electron chi connectivity index (χ0n) is 25.4. The normalized spacial score (nSPS) is 30.9. The van der Waals surface area contributed by atoms with E-state index < -0.39 is 17.4 Å². The molecule has 6 aliphatic carbocycles. The van der Waals surface area contributed by atoms with E-state index in [0.717, 1.165) is 67.7 Å². The van der Waals surface area contributed by atoms with Crippen LogP contribution in [0.1, 0.15) is 102 Å². The van der Waals surface area contributed by atoms with Crippen molar-refractivity contribution in [3.63, 3.8) is 0 Å². The molecule has 1 aromatic carbocycles. The number of halogens is 4. The second-order valence-corrected chi connectivity index (χ2v) is 15.3. The number of carbonyl (C=O) groups is 1. The summed E-state index contributed by atoms with van der Waals surface area (Å²) < 4.78 is 59.3. The second kappa shape index (κ2) is 9.60. The third-order valence-corrected chi connectivity index (χ3v) is 10.9. The Balaban J connectivity index is 1.13. The Morgan fingerprint density at radius 1 is 0.955 bits per heavy atom. The summed E-state index contributed by atoms with van der Waals surface area (Å²) in [5.74, 6) is 1.00. The molecule has 6 aliphatic rings. The lowest BCUT2D eigenvalue weighted by Gasteiger charge is -2.66. The number of benzene rings is 1. The number of hydrogen-bond donors (Lipinski definition) is 0. The molecule has 0 atom stereocenters. The van der Waals surface area contributed by atoms with Gasteiger partial charge in [0.2, 0.25) is 17.6 Å². The van der Waals surface area contributed by atoms with Gasteiger partial charge in [-0.05, 0) is 92.9 Å². The third-order valence-electron chi connectivity index (χ3n) is 10.9. The van der Waals surface area contributed by atoms with Crippen LogP contribution in [0, 0.1) is 10.8 Å². The number of hydrogen-bond acceptors (Lipinski definition) is 5. The Bertz CT molecular complexity index is 1550. The topological polar surface area (TPSA) is 72.1 Å². The number of carbonyl (C=O) groups excluding carboxylic acids is 1. The van der Waals surface area contributed by atoms with Crippen LogP contribution in [0.25, 0.3) is 11.4 Å². The van der Waals surface area contributed by atoms with Crippen molar-refractivity contribution < 1.29 is 26.9 Å². The molecular weight excluding hydrogens is 572 g/mol. The fraction of sp³-hybridized carbons (Fsp3) is 0.588. The molecule has 9 rings (SSSR count). The summed E-state index contributed by atoms with van der Waals surface area (Å²) in [5.41, 5.74) is -0.412. The van der Waals surface area contributed by atoms with Gasteiger partial charge in [0.25, 0.3) is 0 Å². The van der Waals surface area contributed by atoms with E-state index in [0.29, 0.717) is 43.9 Å². The number of pyridine rings is 1. The van der Waals surface area contributed by atoms with Crippen LogP contribution in [-0.2, 0) is 21.8 Å². The first-order chi connectivity index (χ1) is 20.6. The quantitative estimate of drug-likeness (QED) is 0.252. The Morgan fingerprint density at radius 3 is 2.18 bits per heavy atom. The smallest absolute Gasteiger partial charge is 0.338 e. The van der Waals surface area contributed by atoms with Crippen LogP contribution in [0.5, 0.6) is 0 Å². The van der Waals surface area contributed by atoms with Gasteiger partial charge in [0, 0.05) is 46.9 Å². The van der Waals surface area contributed by atoms with Crippen LogP contribution >= 0.6 is 0 Å². The molecule has 0 saturated heterocycles. The summed E-state index contributed by atoms with van der Waals surface area (Å²) in [6.45, 7) is 6.55. The largest absolute Gasteiger partial charge is 0.417 e. The summed E-state index contributed by atoms with van der Waals surface area (Å²) in [6.07, 6.45) is 3.30. The molecule has 234 valence electrons. The van der Waals surface area contributed by atoms with Gasteiger partial charge >= 0.3 is 6.18 Å². The molecule has 6 fully saturated rings. The average Bonchev–Trinajstić information content (AvgIpc) is 3.47. The number of nitrogens with zero attached hydrogens (tertiary/aromatic N) is 4. The second-order valence-electron chi connectivity index (χ2n) is 15.3. The highest BCUT2D eigenvalue weighted by molar-refractivity contribution is 5.94. The van der Waals surface area contributed by atoms with Crippen molar-refractivity contribution in [2.45, 2.75) is 108 Å². The first kappa shape index (κ1) is 29.4. The van der Waals surface area contributed by atoms with Crippen molar-refractivity contribution in [3.8, 4) is 11.4 Å². The van der Waals surface area contributed by atoms with E-state index in [1.165, 1.54) is 0 Å². The number of fused-ring (bicyclic) bond motifs is 3. The van der Waals surface area contributed by atoms with E-state index in [1.54, 1.807) is 6.07 Å².